The van der Waals surface area contributed by atoms with Gasteiger partial charge in [0.1, 0.15) is 0 Å². The average Bonchev–Trinajstić information content (AvgIpc) is 2.35. The number of rotatable bonds is 7. The molecule has 0 saturated carbocycles. The molecule has 4 heteroatoms. The summed E-state index contributed by atoms with van der Waals surface area (Å²) in [6, 6.07) is 7.46. The van der Waals surface area contributed by atoms with E-state index in [2.05, 4.69) is 20.8 Å². The monoisotopic (exact) mass is 299 g/mol. The zero-order valence-corrected chi connectivity index (χ0v) is 11.9. The molecule has 3 nitrogen and oxygen atoms in total. The molecular weight excluding hydrogens is 282 g/mol. The molecule has 0 bridgehead atoms. The Kier molecular flexibility index (Phi) is 6.40. The number of ether oxygens (including phenoxy) is 1. The zero-order valence-electron chi connectivity index (χ0n) is 10.3. The number of halogens is 1. The average molecular weight is 300 g/mol. The molecule has 1 rings (SSSR count). The van der Waals surface area contributed by atoms with E-state index in [1.807, 2.05) is 31.2 Å². The Bertz CT molecular complexity index is 351. The number of hydrogen-bond donors (Lipinski definition) is 0. The van der Waals surface area contributed by atoms with Crippen LogP contribution in [-0.2, 0) is 4.74 Å². The fourth-order valence-electron chi connectivity index (χ4n) is 1.50. The van der Waals surface area contributed by atoms with Crippen LogP contribution in [0.25, 0.3) is 0 Å². The number of methoxy groups -OCH3 is 1. The minimum absolute atomic E-state index is 0.149. The molecule has 0 unspecified atom stereocenters. The van der Waals surface area contributed by atoms with E-state index in [0.717, 1.165) is 23.1 Å². The third-order valence-corrected chi connectivity index (χ3v) is 3.12. The molecule has 1 aromatic rings. The van der Waals surface area contributed by atoms with Crippen LogP contribution in [0.5, 0.6) is 0 Å². The molecule has 0 amide bonds. The summed E-state index contributed by atoms with van der Waals surface area (Å²) >= 11 is 3.36. The van der Waals surface area contributed by atoms with E-state index in [4.69, 9.17) is 4.74 Å². The topological polar surface area (TPSA) is 29.5 Å². The van der Waals surface area contributed by atoms with Crippen LogP contribution in [0.3, 0.4) is 0 Å². The lowest BCUT2D eigenvalue weighted by molar-refractivity contribution is 0.0902. The van der Waals surface area contributed by atoms with Gasteiger partial charge in [0.2, 0.25) is 0 Å². The summed E-state index contributed by atoms with van der Waals surface area (Å²) in [6.45, 7) is 4.79. The van der Waals surface area contributed by atoms with Gasteiger partial charge in [-0.3, -0.25) is 9.69 Å². The number of Topliss-reactive ketones (excluding diaryl/α,β-unsaturated/α-hetero) is 1. The van der Waals surface area contributed by atoms with Crippen molar-refractivity contribution in [2.45, 2.75) is 6.92 Å². The highest BCUT2D eigenvalue weighted by Crippen LogP contribution is 2.11. The lowest BCUT2D eigenvalue weighted by Gasteiger charge is -2.18. The molecule has 0 aliphatic rings. The first-order valence-corrected chi connectivity index (χ1v) is 6.46. The fourth-order valence-corrected chi connectivity index (χ4v) is 1.76. The van der Waals surface area contributed by atoms with Crippen LogP contribution in [0.15, 0.2) is 28.7 Å². The maximum absolute atomic E-state index is 12.0. The van der Waals surface area contributed by atoms with Gasteiger partial charge in [-0.1, -0.05) is 35.0 Å². The van der Waals surface area contributed by atoms with Crippen molar-refractivity contribution in [1.29, 1.82) is 0 Å². The lowest BCUT2D eigenvalue weighted by Crippen LogP contribution is -2.32. The normalized spacial score (nSPS) is 10.8. The molecule has 0 aromatic heterocycles. The van der Waals surface area contributed by atoms with Crippen LogP contribution in [0, 0.1) is 0 Å². The molecule has 0 fully saturated rings. The van der Waals surface area contributed by atoms with Gasteiger partial charge in [-0.2, -0.15) is 0 Å². The van der Waals surface area contributed by atoms with E-state index < -0.39 is 0 Å². The van der Waals surface area contributed by atoms with E-state index in [1.54, 1.807) is 7.11 Å². The van der Waals surface area contributed by atoms with Gasteiger partial charge in [0, 0.05) is 23.7 Å². The highest BCUT2D eigenvalue weighted by molar-refractivity contribution is 9.10. The third-order valence-electron chi connectivity index (χ3n) is 2.59. The maximum Gasteiger partial charge on any atom is 0.176 e. The van der Waals surface area contributed by atoms with Crippen molar-refractivity contribution in [3.05, 3.63) is 34.3 Å². The van der Waals surface area contributed by atoms with E-state index in [9.17, 15) is 4.79 Å². The second-order valence-electron chi connectivity index (χ2n) is 3.79. The van der Waals surface area contributed by atoms with Crippen molar-refractivity contribution in [2.24, 2.45) is 0 Å². The number of ketones is 1. The van der Waals surface area contributed by atoms with Crippen LogP contribution < -0.4 is 0 Å². The van der Waals surface area contributed by atoms with Crippen molar-refractivity contribution in [3.8, 4) is 0 Å². The summed E-state index contributed by atoms with van der Waals surface area (Å²) in [7, 11) is 1.67. The second kappa shape index (κ2) is 7.58. The summed E-state index contributed by atoms with van der Waals surface area (Å²) in [5.41, 5.74) is 0.754. The van der Waals surface area contributed by atoms with Crippen LogP contribution in [0.4, 0.5) is 0 Å². The highest BCUT2D eigenvalue weighted by Gasteiger charge is 2.10. The summed E-state index contributed by atoms with van der Waals surface area (Å²) in [5, 5.41) is 0. The number of likely N-dealkylation sites (N-methyl/N-ethyl adjacent to an activating group) is 1. The quantitative estimate of drug-likeness (QED) is 0.725. The molecule has 17 heavy (non-hydrogen) atoms. The molecule has 0 atom stereocenters. The van der Waals surface area contributed by atoms with Crippen molar-refractivity contribution < 1.29 is 9.53 Å². The largest absolute Gasteiger partial charge is 0.383 e. The highest BCUT2D eigenvalue weighted by atomic mass is 79.9. The molecule has 1 aromatic carbocycles. The van der Waals surface area contributed by atoms with Gasteiger partial charge in [0.05, 0.1) is 13.2 Å². The van der Waals surface area contributed by atoms with E-state index in [-0.39, 0.29) is 5.78 Å². The Balaban J connectivity index is 2.54. The van der Waals surface area contributed by atoms with Crippen molar-refractivity contribution >= 4 is 21.7 Å². The van der Waals surface area contributed by atoms with Crippen LogP contribution >= 0.6 is 15.9 Å². The lowest BCUT2D eigenvalue weighted by atomic mass is 10.1. The fraction of sp³-hybridized carbons (Fsp3) is 0.462. The minimum atomic E-state index is 0.149. The SMILES string of the molecule is CCN(CCOC)CC(=O)c1ccc(Br)cc1. The van der Waals surface area contributed by atoms with E-state index in [1.165, 1.54) is 0 Å². The summed E-state index contributed by atoms with van der Waals surface area (Å²) in [4.78, 5) is 14.1. The Labute approximate surface area is 111 Å². The van der Waals surface area contributed by atoms with Crippen LogP contribution in [0.2, 0.25) is 0 Å². The van der Waals surface area contributed by atoms with Gasteiger partial charge in [0.25, 0.3) is 0 Å². The van der Waals surface area contributed by atoms with Gasteiger partial charge >= 0.3 is 0 Å². The number of carbonyl (C=O) groups is 1. The van der Waals surface area contributed by atoms with Gasteiger partial charge in [-0.05, 0) is 18.7 Å². The molecule has 0 N–H and O–H groups in total. The first kappa shape index (κ1) is 14.4. The maximum atomic E-state index is 12.0. The summed E-state index contributed by atoms with van der Waals surface area (Å²) < 4.78 is 6.00. The number of hydrogen-bond acceptors (Lipinski definition) is 3. The van der Waals surface area contributed by atoms with Gasteiger partial charge in [-0.25, -0.2) is 0 Å². The number of benzene rings is 1. The molecular formula is C13H18BrNO2. The van der Waals surface area contributed by atoms with Crippen molar-refractivity contribution in [2.75, 3.05) is 33.4 Å². The number of carbonyl (C=O) groups excluding carboxylic acids is 1. The zero-order chi connectivity index (χ0) is 12.7. The molecule has 0 aliphatic carbocycles. The van der Waals surface area contributed by atoms with Gasteiger partial charge < -0.3 is 4.74 Å². The molecule has 0 saturated heterocycles. The minimum Gasteiger partial charge on any atom is -0.383 e. The van der Waals surface area contributed by atoms with Crippen molar-refractivity contribution in [3.63, 3.8) is 0 Å². The second-order valence-corrected chi connectivity index (χ2v) is 4.71. The van der Waals surface area contributed by atoms with Crippen molar-refractivity contribution in [1.82, 2.24) is 4.90 Å². The predicted octanol–water partition coefficient (Wildman–Crippen LogP) is 2.60. The van der Waals surface area contributed by atoms with Gasteiger partial charge in [-0.15, -0.1) is 0 Å². The summed E-state index contributed by atoms with van der Waals surface area (Å²) in [5.74, 6) is 0.149. The number of nitrogens with zero attached hydrogens (tertiary/aromatic N) is 1. The molecule has 0 radical (unpaired) electrons. The van der Waals surface area contributed by atoms with Crippen LogP contribution in [0.1, 0.15) is 17.3 Å². The smallest absolute Gasteiger partial charge is 0.176 e. The Hall–Kier alpha value is -0.710. The Morgan fingerprint density at radius 1 is 1.35 bits per heavy atom. The molecule has 0 heterocycles. The first-order chi connectivity index (χ1) is 8.17. The molecule has 0 spiro atoms. The van der Waals surface area contributed by atoms with E-state index >= 15 is 0 Å². The summed E-state index contributed by atoms with van der Waals surface area (Å²) in [6.07, 6.45) is 0. The van der Waals surface area contributed by atoms with Crippen LogP contribution in [-0.4, -0.2) is 44.0 Å². The standard InChI is InChI=1S/C13H18BrNO2/c1-3-15(8-9-17-2)10-13(16)11-4-6-12(14)7-5-11/h4-7H,3,8-10H2,1-2H3. The Morgan fingerprint density at radius 2 is 2.00 bits per heavy atom. The molecule has 94 valence electrons. The third kappa shape index (κ3) is 4.98. The molecule has 0 aliphatic heterocycles. The van der Waals surface area contributed by atoms with Gasteiger partial charge in [0.15, 0.2) is 5.78 Å². The Morgan fingerprint density at radius 3 is 2.53 bits per heavy atom. The first-order valence-electron chi connectivity index (χ1n) is 5.67. The van der Waals surface area contributed by atoms with E-state index in [0.29, 0.717) is 13.2 Å². The predicted molar refractivity (Wildman–Crippen MR) is 72.5 cm³/mol.